The standard InChI is InChI=1S/C17H19IO2Si/c1-20-12-13-4-6-14(7-5-13)17-9-8-16(19)11-15(17)3-2-10-21-18/h4-9,11,19H,2-3,10,12H2,1H3. The molecule has 2 radical (unpaired) electrons. The molecule has 0 aliphatic carbocycles. The van der Waals surface area contributed by atoms with Crippen molar-refractivity contribution in [3.63, 3.8) is 0 Å². The Labute approximate surface area is 141 Å². The third-order valence-corrected chi connectivity index (χ3v) is 5.54. The van der Waals surface area contributed by atoms with Crippen LogP contribution >= 0.6 is 21.8 Å². The summed E-state index contributed by atoms with van der Waals surface area (Å²) in [4.78, 5) is 0. The number of ether oxygens (including phenoxy) is 1. The van der Waals surface area contributed by atoms with Crippen molar-refractivity contribution >= 4 is 28.8 Å². The van der Waals surface area contributed by atoms with Gasteiger partial charge in [-0.1, -0.05) is 42.8 Å². The largest absolute Gasteiger partial charge is 0.508 e. The number of aromatic hydroxyl groups is 1. The summed E-state index contributed by atoms with van der Waals surface area (Å²) in [5, 5.41) is 9.74. The van der Waals surface area contributed by atoms with Crippen molar-refractivity contribution in [2.24, 2.45) is 0 Å². The van der Waals surface area contributed by atoms with Gasteiger partial charge in [0.2, 0.25) is 0 Å². The highest BCUT2D eigenvalue weighted by Gasteiger charge is 2.07. The molecular formula is C17H19IO2Si. The van der Waals surface area contributed by atoms with Crippen LogP contribution in [0, 0.1) is 0 Å². The van der Waals surface area contributed by atoms with Crippen molar-refractivity contribution in [2.75, 3.05) is 7.11 Å². The first-order valence-corrected chi connectivity index (χ1v) is 11.3. The van der Waals surface area contributed by atoms with Gasteiger partial charge in [0, 0.05) is 7.11 Å². The summed E-state index contributed by atoms with van der Waals surface area (Å²) in [6, 6.07) is 15.4. The number of halogens is 1. The van der Waals surface area contributed by atoms with Gasteiger partial charge in [0.1, 0.15) is 12.8 Å². The van der Waals surface area contributed by atoms with Crippen molar-refractivity contribution in [1.82, 2.24) is 0 Å². The minimum atomic E-state index is 0.349. The van der Waals surface area contributed by atoms with E-state index in [4.69, 9.17) is 4.74 Å². The van der Waals surface area contributed by atoms with Gasteiger partial charge in [-0.2, -0.15) is 0 Å². The molecular weight excluding hydrogens is 391 g/mol. The molecule has 0 aliphatic heterocycles. The Bertz CT molecular complexity index is 570. The van der Waals surface area contributed by atoms with Crippen LogP contribution in [0.1, 0.15) is 17.5 Å². The number of phenolic OH excluding ortho intramolecular Hbond substituents is 1. The number of phenols is 1. The van der Waals surface area contributed by atoms with Gasteiger partial charge in [0.25, 0.3) is 0 Å². The van der Waals surface area contributed by atoms with Crippen molar-refractivity contribution in [3.8, 4) is 16.9 Å². The van der Waals surface area contributed by atoms with E-state index >= 15 is 0 Å². The van der Waals surface area contributed by atoms with Gasteiger partial charge in [0.15, 0.2) is 0 Å². The second-order valence-electron chi connectivity index (χ2n) is 4.96. The topological polar surface area (TPSA) is 29.5 Å². The van der Waals surface area contributed by atoms with Crippen LogP contribution in [-0.2, 0) is 17.8 Å². The molecule has 0 fully saturated rings. The van der Waals surface area contributed by atoms with Crippen LogP contribution in [0.3, 0.4) is 0 Å². The van der Waals surface area contributed by atoms with E-state index in [1.165, 1.54) is 34.7 Å². The van der Waals surface area contributed by atoms with Gasteiger partial charge in [-0.25, -0.2) is 0 Å². The van der Waals surface area contributed by atoms with Crippen molar-refractivity contribution in [1.29, 1.82) is 0 Å². The summed E-state index contributed by atoms with van der Waals surface area (Å²) in [6.45, 7) is 0.638. The lowest BCUT2D eigenvalue weighted by atomic mass is 9.96. The number of aryl methyl sites for hydroxylation is 1. The molecule has 21 heavy (non-hydrogen) atoms. The highest BCUT2D eigenvalue weighted by Crippen LogP contribution is 2.28. The quantitative estimate of drug-likeness (QED) is 0.313. The van der Waals surface area contributed by atoms with Crippen LogP contribution in [0.2, 0.25) is 6.04 Å². The van der Waals surface area contributed by atoms with Gasteiger partial charge in [-0.05, 0) is 40.8 Å². The zero-order valence-electron chi connectivity index (χ0n) is 12.1. The summed E-state index contributed by atoms with van der Waals surface area (Å²) in [7, 11) is 2.67. The van der Waals surface area contributed by atoms with Gasteiger partial charge < -0.3 is 9.84 Å². The Morgan fingerprint density at radius 2 is 1.90 bits per heavy atom. The Morgan fingerprint density at radius 1 is 1.14 bits per heavy atom. The number of rotatable bonds is 7. The average molecular weight is 410 g/mol. The number of benzene rings is 2. The van der Waals surface area contributed by atoms with E-state index in [2.05, 4.69) is 46.1 Å². The summed E-state index contributed by atoms with van der Waals surface area (Å²) in [6.07, 6.45) is 2.18. The fourth-order valence-electron chi connectivity index (χ4n) is 2.36. The molecule has 0 saturated carbocycles. The van der Waals surface area contributed by atoms with Gasteiger partial charge in [0.05, 0.1) is 6.61 Å². The molecule has 0 aliphatic rings. The molecule has 2 aromatic rings. The van der Waals surface area contributed by atoms with Crippen LogP contribution in [0.25, 0.3) is 11.1 Å². The van der Waals surface area contributed by atoms with E-state index in [1.54, 1.807) is 13.2 Å². The smallest absolute Gasteiger partial charge is 0.130 e. The zero-order chi connectivity index (χ0) is 15.1. The van der Waals surface area contributed by atoms with Crippen LogP contribution in [0.4, 0.5) is 0 Å². The first-order valence-electron chi connectivity index (χ1n) is 6.98. The van der Waals surface area contributed by atoms with E-state index in [0.717, 1.165) is 13.4 Å². The molecule has 110 valence electrons. The summed E-state index contributed by atoms with van der Waals surface area (Å²) >= 11 is 2.43. The Kier molecular flexibility index (Phi) is 6.73. The van der Waals surface area contributed by atoms with Crippen LogP contribution in [0.5, 0.6) is 5.75 Å². The fraction of sp³-hybridized carbons (Fsp3) is 0.294. The monoisotopic (exact) mass is 410 g/mol. The normalized spacial score (nSPS) is 10.8. The first kappa shape index (κ1) is 16.5. The molecule has 2 aromatic carbocycles. The SMILES string of the molecule is COCc1ccc(-c2ccc(O)cc2CCC[Si]I)cc1. The highest BCUT2D eigenvalue weighted by molar-refractivity contribution is 14.1. The average Bonchev–Trinajstić information content (AvgIpc) is 2.49. The lowest BCUT2D eigenvalue weighted by molar-refractivity contribution is 0.185. The Balaban J connectivity index is 2.24. The van der Waals surface area contributed by atoms with Gasteiger partial charge >= 0.3 is 0 Å². The summed E-state index contributed by atoms with van der Waals surface area (Å²) in [5.74, 6) is 0.349. The zero-order valence-corrected chi connectivity index (χ0v) is 15.3. The Morgan fingerprint density at radius 3 is 2.57 bits per heavy atom. The molecule has 0 atom stereocenters. The Hall–Kier alpha value is -0.853. The molecule has 0 spiro atoms. The van der Waals surface area contributed by atoms with Crippen LogP contribution in [0.15, 0.2) is 42.5 Å². The molecule has 0 amide bonds. The predicted octanol–water partition coefficient (Wildman–Crippen LogP) is 4.61. The van der Waals surface area contributed by atoms with Crippen molar-refractivity contribution in [3.05, 3.63) is 53.6 Å². The molecule has 0 bridgehead atoms. The molecule has 0 unspecified atom stereocenters. The van der Waals surface area contributed by atoms with E-state index in [1.807, 2.05) is 12.1 Å². The van der Waals surface area contributed by atoms with Gasteiger partial charge in [-0.3, -0.25) is 0 Å². The molecule has 0 aromatic heterocycles. The highest BCUT2D eigenvalue weighted by atomic mass is 127. The fourth-order valence-corrected chi connectivity index (χ4v) is 3.82. The van der Waals surface area contributed by atoms with Gasteiger partial charge in [-0.15, -0.1) is 21.8 Å². The third-order valence-electron chi connectivity index (χ3n) is 3.38. The molecule has 1 N–H and O–H groups in total. The van der Waals surface area contributed by atoms with E-state index in [0.29, 0.717) is 12.4 Å². The number of hydrogen-bond acceptors (Lipinski definition) is 2. The predicted molar refractivity (Wildman–Crippen MR) is 97.2 cm³/mol. The van der Waals surface area contributed by atoms with Crippen molar-refractivity contribution < 1.29 is 9.84 Å². The third kappa shape index (κ3) is 4.83. The lowest BCUT2D eigenvalue weighted by Gasteiger charge is -2.11. The minimum Gasteiger partial charge on any atom is -0.508 e. The minimum absolute atomic E-state index is 0.349. The first-order chi connectivity index (χ1) is 10.2. The maximum absolute atomic E-state index is 9.74. The molecule has 0 saturated heterocycles. The van der Waals surface area contributed by atoms with Crippen molar-refractivity contribution in [2.45, 2.75) is 25.5 Å². The second-order valence-corrected chi connectivity index (χ2v) is 8.01. The second kappa shape index (κ2) is 8.56. The van der Waals surface area contributed by atoms with Crippen LogP contribution < -0.4 is 0 Å². The maximum atomic E-state index is 9.74. The summed E-state index contributed by atoms with van der Waals surface area (Å²) in [5.41, 5.74) is 4.81. The molecule has 2 rings (SSSR count). The summed E-state index contributed by atoms with van der Waals surface area (Å²) < 4.78 is 5.15. The number of methoxy groups -OCH3 is 1. The van der Waals surface area contributed by atoms with E-state index in [9.17, 15) is 5.11 Å². The molecule has 4 heteroatoms. The molecule has 0 heterocycles. The van der Waals surface area contributed by atoms with E-state index in [-0.39, 0.29) is 0 Å². The number of hydrogen-bond donors (Lipinski definition) is 1. The maximum Gasteiger partial charge on any atom is 0.130 e. The molecule has 2 nitrogen and oxygen atoms in total. The van der Waals surface area contributed by atoms with Crippen LogP contribution in [-0.4, -0.2) is 19.2 Å². The lowest BCUT2D eigenvalue weighted by Crippen LogP contribution is -1.92. The van der Waals surface area contributed by atoms with E-state index < -0.39 is 0 Å².